The number of aryl methyl sites for hydroxylation is 1. The van der Waals surface area contributed by atoms with E-state index in [0.29, 0.717) is 19.0 Å². The van der Waals surface area contributed by atoms with Crippen molar-refractivity contribution in [3.05, 3.63) is 41.5 Å². The van der Waals surface area contributed by atoms with Gasteiger partial charge in [-0.25, -0.2) is 4.39 Å². The summed E-state index contributed by atoms with van der Waals surface area (Å²) in [5, 5.41) is 13.0. The molecular weight excluding hydrogens is 387 g/mol. The van der Waals surface area contributed by atoms with Crippen molar-refractivity contribution >= 4 is 17.7 Å². The molecule has 2 aromatic rings. The lowest BCUT2D eigenvalue weighted by atomic mass is 10.2. The molecule has 0 bridgehead atoms. The molecule has 0 saturated heterocycles. The monoisotopic (exact) mass is 420 g/mol. The number of rotatable bonds is 10. The van der Waals surface area contributed by atoms with E-state index in [-0.39, 0.29) is 5.82 Å². The maximum atomic E-state index is 13.4. The van der Waals surface area contributed by atoms with E-state index in [1.807, 2.05) is 31.2 Å². The third-order valence-electron chi connectivity index (χ3n) is 4.35. The zero-order valence-corrected chi connectivity index (χ0v) is 19.0. The number of nitrogens with zero attached hydrogens (tertiary/aromatic N) is 5. The standard InChI is InChI=1S/C21H33FN6S/c1-6-23-20(27(4)15-17-9-7-10-18(22)13-17)24-12-8-11-19-25-26-21(29-5)28(19)14-16(2)3/h7,9-10,13,16H,6,8,11-12,14-15H2,1-5H3,(H,23,24). The molecule has 0 unspecified atom stereocenters. The number of hydrogen-bond donors (Lipinski definition) is 1. The lowest BCUT2D eigenvalue weighted by Crippen LogP contribution is -2.38. The number of aliphatic imine (C=N–C) groups is 1. The third-order valence-corrected chi connectivity index (χ3v) is 5.02. The van der Waals surface area contributed by atoms with Crippen LogP contribution < -0.4 is 5.32 Å². The predicted molar refractivity (Wildman–Crippen MR) is 119 cm³/mol. The van der Waals surface area contributed by atoms with E-state index in [2.05, 4.69) is 33.9 Å². The van der Waals surface area contributed by atoms with Crippen molar-refractivity contribution in [3.63, 3.8) is 0 Å². The van der Waals surface area contributed by atoms with Gasteiger partial charge < -0.3 is 14.8 Å². The van der Waals surface area contributed by atoms with Gasteiger partial charge in [0.05, 0.1) is 0 Å². The summed E-state index contributed by atoms with van der Waals surface area (Å²) in [5.74, 6) is 2.18. The van der Waals surface area contributed by atoms with Crippen LogP contribution >= 0.6 is 11.8 Å². The van der Waals surface area contributed by atoms with Crippen LogP contribution in [0.15, 0.2) is 34.4 Å². The van der Waals surface area contributed by atoms with Crippen LogP contribution in [-0.4, -0.2) is 52.0 Å². The molecule has 0 aliphatic heterocycles. The van der Waals surface area contributed by atoms with E-state index in [0.717, 1.165) is 48.4 Å². The maximum Gasteiger partial charge on any atom is 0.193 e. The van der Waals surface area contributed by atoms with Crippen molar-refractivity contribution in [1.82, 2.24) is 25.0 Å². The predicted octanol–water partition coefficient (Wildman–Crippen LogP) is 3.83. The molecule has 160 valence electrons. The Bertz CT molecular complexity index is 789. The molecule has 0 fully saturated rings. The SMILES string of the molecule is CCNC(=NCCCc1nnc(SC)n1CC(C)C)N(C)Cc1cccc(F)c1. The topological polar surface area (TPSA) is 58.3 Å². The highest BCUT2D eigenvalue weighted by molar-refractivity contribution is 7.98. The average molecular weight is 421 g/mol. The van der Waals surface area contributed by atoms with Crippen LogP contribution in [-0.2, 0) is 19.5 Å². The molecule has 0 atom stereocenters. The van der Waals surface area contributed by atoms with Crippen molar-refractivity contribution in [2.24, 2.45) is 10.9 Å². The molecule has 1 aromatic carbocycles. The normalized spacial score (nSPS) is 11.9. The zero-order chi connectivity index (χ0) is 21.2. The van der Waals surface area contributed by atoms with E-state index in [1.54, 1.807) is 23.9 Å². The van der Waals surface area contributed by atoms with Crippen molar-refractivity contribution in [2.75, 3.05) is 26.4 Å². The first-order valence-corrected chi connectivity index (χ1v) is 11.4. The lowest BCUT2D eigenvalue weighted by molar-refractivity contribution is 0.471. The molecule has 0 saturated carbocycles. The molecule has 1 heterocycles. The average Bonchev–Trinajstić information content (AvgIpc) is 3.05. The van der Waals surface area contributed by atoms with Crippen molar-refractivity contribution in [1.29, 1.82) is 0 Å². The van der Waals surface area contributed by atoms with Gasteiger partial charge in [0.2, 0.25) is 0 Å². The summed E-state index contributed by atoms with van der Waals surface area (Å²) in [4.78, 5) is 6.76. The summed E-state index contributed by atoms with van der Waals surface area (Å²) >= 11 is 1.63. The minimum Gasteiger partial charge on any atom is -0.357 e. The van der Waals surface area contributed by atoms with Crippen LogP contribution in [0.2, 0.25) is 0 Å². The molecule has 1 N–H and O–H groups in total. The Morgan fingerprint density at radius 3 is 2.79 bits per heavy atom. The largest absolute Gasteiger partial charge is 0.357 e. The number of thioether (sulfide) groups is 1. The first-order chi connectivity index (χ1) is 13.9. The van der Waals surface area contributed by atoms with Crippen LogP contribution in [0.25, 0.3) is 0 Å². The fraction of sp³-hybridized carbons (Fsp3) is 0.571. The van der Waals surface area contributed by atoms with Gasteiger partial charge in [0.25, 0.3) is 0 Å². The first kappa shape index (κ1) is 23.2. The number of guanidine groups is 1. The number of aromatic nitrogens is 3. The van der Waals surface area contributed by atoms with Crippen LogP contribution in [0, 0.1) is 11.7 Å². The Balaban J connectivity index is 1.96. The summed E-state index contributed by atoms with van der Waals surface area (Å²) in [6, 6.07) is 6.68. The number of benzene rings is 1. The van der Waals surface area contributed by atoms with E-state index in [1.165, 1.54) is 6.07 Å². The molecule has 2 rings (SSSR count). The molecule has 29 heavy (non-hydrogen) atoms. The van der Waals surface area contributed by atoms with Gasteiger partial charge in [-0.2, -0.15) is 0 Å². The third kappa shape index (κ3) is 7.34. The van der Waals surface area contributed by atoms with Gasteiger partial charge >= 0.3 is 0 Å². The Labute approximate surface area is 178 Å². The van der Waals surface area contributed by atoms with E-state index in [9.17, 15) is 4.39 Å². The summed E-state index contributed by atoms with van der Waals surface area (Å²) in [6.45, 7) is 9.46. The number of halogens is 1. The minimum atomic E-state index is -0.215. The Morgan fingerprint density at radius 1 is 1.34 bits per heavy atom. The van der Waals surface area contributed by atoms with Crippen LogP contribution in [0.5, 0.6) is 0 Å². The Hall–Kier alpha value is -2.09. The first-order valence-electron chi connectivity index (χ1n) is 10.1. The second-order valence-electron chi connectivity index (χ2n) is 7.43. The van der Waals surface area contributed by atoms with Crippen LogP contribution in [0.3, 0.4) is 0 Å². The van der Waals surface area contributed by atoms with Crippen LogP contribution in [0.1, 0.15) is 38.6 Å². The van der Waals surface area contributed by atoms with Gasteiger partial charge in [-0.15, -0.1) is 10.2 Å². The summed E-state index contributed by atoms with van der Waals surface area (Å²) < 4.78 is 15.7. The molecule has 6 nitrogen and oxygen atoms in total. The second-order valence-corrected chi connectivity index (χ2v) is 8.21. The van der Waals surface area contributed by atoms with Gasteiger partial charge in [-0.1, -0.05) is 37.7 Å². The van der Waals surface area contributed by atoms with Crippen LogP contribution in [0.4, 0.5) is 4.39 Å². The summed E-state index contributed by atoms with van der Waals surface area (Å²) in [5.41, 5.74) is 0.921. The van der Waals surface area contributed by atoms with Gasteiger partial charge in [-0.05, 0) is 43.2 Å². The quantitative estimate of drug-likeness (QED) is 0.274. The molecular formula is C21H33FN6S. The van der Waals surface area contributed by atoms with Gasteiger partial charge in [0.1, 0.15) is 11.6 Å². The van der Waals surface area contributed by atoms with E-state index >= 15 is 0 Å². The molecule has 0 aliphatic carbocycles. The van der Waals surface area contributed by atoms with Gasteiger partial charge in [-0.3, -0.25) is 4.99 Å². The van der Waals surface area contributed by atoms with Crippen molar-refractivity contribution in [3.8, 4) is 0 Å². The zero-order valence-electron chi connectivity index (χ0n) is 18.2. The summed E-state index contributed by atoms with van der Waals surface area (Å²) in [7, 11) is 1.97. The van der Waals surface area contributed by atoms with Gasteiger partial charge in [0.15, 0.2) is 11.1 Å². The van der Waals surface area contributed by atoms with E-state index < -0.39 is 0 Å². The molecule has 1 aromatic heterocycles. The molecule has 8 heteroatoms. The molecule has 0 amide bonds. The minimum absolute atomic E-state index is 0.215. The second kappa shape index (κ2) is 11.8. The summed E-state index contributed by atoms with van der Waals surface area (Å²) in [6.07, 6.45) is 3.77. The molecule has 0 radical (unpaired) electrons. The maximum absolute atomic E-state index is 13.4. The lowest BCUT2D eigenvalue weighted by Gasteiger charge is -2.22. The molecule has 0 aliphatic rings. The van der Waals surface area contributed by atoms with E-state index in [4.69, 9.17) is 4.99 Å². The highest BCUT2D eigenvalue weighted by Crippen LogP contribution is 2.16. The van der Waals surface area contributed by atoms with Crippen molar-refractivity contribution in [2.45, 2.75) is 51.9 Å². The highest BCUT2D eigenvalue weighted by atomic mass is 32.2. The highest BCUT2D eigenvalue weighted by Gasteiger charge is 2.12. The van der Waals surface area contributed by atoms with Crippen molar-refractivity contribution < 1.29 is 4.39 Å². The smallest absolute Gasteiger partial charge is 0.193 e. The number of nitrogens with one attached hydrogen (secondary N) is 1. The fourth-order valence-electron chi connectivity index (χ4n) is 3.08. The van der Waals surface area contributed by atoms with Gasteiger partial charge in [0, 0.05) is 39.6 Å². The number of hydrogen-bond acceptors (Lipinski definition) is 4. The Kier molecular flexibility index (Phi) is 9.44. The fourth-order valence-corrected chi connectivity index (χ4v) is 3.60. The molecule has 0 spiro atoms. The Morgan fingerprint density at radius 2 is 2.14 bits per heavy atom.